The summed E-state index contributed by atoms with van der Waals surface area (Å²) in [6.07, 6.45) is -0.526. The van der Waals surface area contributed by atoms with Gasteiger partial charge in [0.1, 0.15) is 5.82 Å². The van der Waals surface area contributed by atoms with Crippen molar-refractivity contribution in [1.29, 1.82) is 0 Å². The Labute approximate surface area is 87.4 Å². The summed E-state index contributed by atoms with van der Waals surface area (Å²) in [5.41, 5.74) is 5.77. The maximum atomic E-state index is 13.1. The molecule has 2 N–H and O–H groups in total. The van der Waals surface area contributed by atoms with Crippen LogP contribution in [0, 0.1) is 5.82 Å². The topological polar surface area (TPSA) is 55.6 Å². The number of amides is 1. The van der Waals surface area contributed by atoms with Crippen molar-refractivity contribution >= 4 is 17.5 Å². The number of hydrogen-bond donors (Lipinski definition) is 1. The number of hydrogen-bond acceptors (Lipinski definition) is 3. The van der Waals surface area contributed by atoms with Gasteiger partial charge in [-0.05, 0) is 25.1 Å². The average Bonchev–Trinajstić information content (AvgIpc) is 2.21. The third-order valence-corrected chi connectivity index (χ3v) is 1.91. The van der Waals surface area contributed by atoms with Gasteiger partial charge >= 0.3 is 6.09 Å². The summed E-state index contributed by atoms with van der Waals surface area (Å²) in [5, 5.41) is 0. The maximum Gasteiger partial charge on any atom is 0.413 e. The molecular weight excluding hydrogens is 199 g/mol. The number of ether oxygens (including phenoxy) is 1. The van der Waals surface area contributed by atoms with Gasteiger partial charge in [-0.25, -0.2) is 9.18 Å². The number of halogens is 1. The van der Waals surface area contributed by atoms with Crippen LogP contribution in [0.2, 0.25) is 0 Å². The zero-order chi connectivity index (χ0) is 11.4. The molecule has 0 aliphatic heterocycles. The van der Waals surface area contributed by atoms with Crippen molar-refractivity contribution < 1.29 is 13.9 Å². The van der Waals surface area contributed by atoms with Crippen LogP contribution in [0.5, 0.6) is 0 Å². The van der Waals surface area contributed by atoms with E-state index in [1.54, 1.807) is 13.0 Å². The lowest BCUT2D eigenvalue weighted by atomic mass is 10.2. The van der Waals surface area contributed by atoms with Crippen molar-refractivity contribution in [2.45, 2.75) is 6.92 Å². The fraction of sp³-hybridized carbons (Fsp3) is 0.300. The van der Waals surface area contributed by atoms with Crippen LogP contribution in [0.1, 0.15) is 6.92 Å². The Balaban J connectivity index is 2.86. The second-order valence-corrected chi connectivity index (χ2v) is 2.96. The van der Waals surface area contributed by atoms with Gasteiger partial charge in [0, 0.05) is 12.7 Å². The first kappa shape index (κ1) is 11.3. The molecule has 1 aromatic rings. The quantitative estimate of drug-likeness (QED) is 0.763. The largest absolute Gasteiger partial charge is 0.449 e. The lowest BCUT2D eigenvalue weighted by Crippen LogP contribution is -2.27. The molecule has 0 unspecified atom stereocenters. The molecule has 1 amide bonds. The van der Waals surface area contributed by atoms with Crippen molar-refractivity contribution in [2.24, 2.45) is 0 Å². The molecule has 1 aromatic carbocycles. The van der Waals surface area contributed by atoms with Crippen LogP contribution >= 0.6 is 0 Å². The van der Waals surface area contributed by atoms with E-state index in [-0.39, 0.29) is 12.3 Å². The summed E-state index contributed by atoms with van der Waals surface area (Å²) in [6, 6.07) is 4.14. The van der Waals surface area contributed by atoms with Crippen molar-refractivity contribution in [2.75, 3.05) is 24.3 Å². The van der Waals surface area contributed by atoms with E-state index >= 15 is 0 Å². The molecule has 0 saturated heterocycles. The number of carbonyl (C=O) groups is 1. The molecule has 1 rings (SSSR count). The molecule has 82 valence electrons. The zero-order valence-corrected chi connectivity index (χ0v) is 8.66. The second-order valence-electron chi connectivity index (χ2n) is 2.96. The average molecular weight is 212 g/mol. The minimum Gasteiger partial charge on any atom is -0.449 e. The third kappa shape index (κ3) is 2.59. The van der Waals surface area contributed by atoms with E-state index in [0.717, 1.165) is 0 Å². The predicted octanol–water partition coefficient (Wildman–Crippen LogP) is 2.00. The molecule has 4 nitrogen and oxygen atoms in total. The Hall–Kier alpha value is -1.78. The SMILES string of the molecule is CCOC(=O)N(C)c1ccc(N)c(F)c1. The minimum atomic E-state index is -0.552. The van der Waals surface area contributed by atoms with E-state index in [4.69, 9.17) is 10.5 Å². The second kappa shape index (κ2) is 4.63. The van der Waals surface area contributed by atoms with E-state index in [1.165, 1.54) is 24.1 Å². The van der Waals surface area contributed by atoms with Gasteiger partial charge in [0.2, 0.25) is 0 Å². The highest BCUT2D eigenvalue weighted by molar-refractivity contribution is 5.87. The Morgan fingerprint density at radius 2 is 2.27 bits per heavy atom. The first-order valence-electron chi connectivity index (χ1n) is 4.51. The normalized spacial score (nSPS) is 9.80. The number of nitrogens with zero attached hydrogens (tertiary/aromatic N) is 1. The van der Waals surface area contributed by atoms with Crippen LogP contribution in [-0.4, -0.2) is 19.7 Å². The Morgan fingerprint density at radius 3 is 2.80 bits per heavy atom. The molecule has 0 spiro atoms. The monoisotopic (exact) mass is 212 g/mol. The maximum absolute atomic E-state index is 13.1. The van der Waals surface area contributed by atoms with Gasteiger partial charge in [0.05, 0.1) is 12.3 Å². The molecule has 0 bridgehead atoms. The van der Waals surface area contributed by atoms with Crippen LogP contribution in [0.15, 0.2) is 18.2 Å². The fourth-order valence-corrected chi connectivity index (χ4v) is 1.05. The molecule has 0 aliphatic carbocycles. The number of anilines is 2. The van der Waals surface area contributed by atoms with Gasteiger partial charge in [0.15, 0.2) is 0 Å². The molecular formula is C10H13FN2O2. The van der Waals surface area contributed by atoms with Gasteiger partial charge < -0.3 is 10.5 Å². The number of rotatable bonds is 2. The van der Waals surface area contributed by atoms with Gasteiger partial charge in [-0.15, -0.1) is 0 Å². The smallest absolute Gasteiger partial charge is 0.413 e. The Bertz CT molecular complexity index is 368. The lowest BCUT2D eigenvalue weighted by Gasteiger charge is -2.16. The minimum absolute atomic E-state index is 0.0519. The van der Waals surface area contributed by atoms with E-state index in [2.05, 4.69) is 0 Å². The summed E-state index contributed by atoms with van der Waals surface area (Å²) >= 11 is 0. The number of carbonyl (C=O) groups excluding carboxylic acids is 1. The van der Waals surface area contributed by atoms with Gasteiger partial charge in [-0.1, -0.05) is 0 Å². The molecule has 0 atom stereocenters. The summed E-state index contributed by atoms with van der Waals surface area (Å²) < 4.78 is 17.8. The molecule has 0 fully saturated rings. The molecule has 0 aliphatic rings. The summed E-state index contributed by atoms with van der Waals surface area (Å²) in [4.78, 5) is 12.5. The first-order chi connectivity index (χ1) is 7.06. The molecule has 0 aromatic heterocycles. The summed E-state index contributed by atoms with van der Waals surface area (Å²) in [5.74, 6) is -0.552. The van der Waals surface area contributed by atoms with Gasteiger partial charge in [0.25, 0.3) is 0 Å². The standard InChI is InChI=1S/C10H13FN2O2/c1-3-15-10(14)13(2)7-4-5-9(12)8(11)6-7/h4-6H,3,12H2,1-2H3. The lowest BCUT2D eigenvalue weighted by molar-refractivity contribution is 0.161. The Kier molecular flexibility index (Phi) is 3.49. The summed E-state index contributed by atoms with van der Waals surface area (Å²) in [6.45, 7) is 1.98. The van der Waals surface area contributed by atoms with Crippen molar-refractivity contribution in [3.05, 3.63) is 24.0 Å². The Morgan fingerprint density at radius 1 is 1.60 bits per heavy atom. The number of nitrogen functional groups attached to an aromatic ring is 1. The van der Waals surface area contributed by atoms with Crippen LogP contribution in [0.3, 0.4) is 0 Å². The van der Waals surface area contributed by atoms with Crippen LogP contribution in [-0.2, 0) is 4.74 Å². The van der Waals surface area contributed by atoms with Gasteiger partial charge in [-0.3, -0.25) is 4.90 Å². The highest BCUT2D eigenvalue weighted by atomic mass is 19.1. The van der Waals surface area contributed by atoms with Gasteiger partial charge in [-0.2, -0.15) is 0 Å². The van der Waals surface area contributed by atoms with E-state index < -0.39 is 11.9 Å². The highest BCUT2D eigenvalue weighted by Gasteiger charge is 2.12. The highest BCUT2D eigenvalue weighted by Crippen LogP contribution is 2.19. The van der Waals surface area contributed by atoms with E-state index in [1.807, 2.05) is 0 Å². The first-order valence-corrected chi connectivity index (χ1v) is 4.51. The molecule has 5 heteroatoms. The van der Waals surface area contributed by atoms with Crippen molar-refractivity contribution in [1.82, 2.24) is 0 Å². The number of nitrogens with two attached hydrogens (primary N) is 1. The molecule has 0 saturated carbocycles. The van der Waals surface area contributed by atoms with Crippen LogP contribution < -0.4 is 10.6 Å². The van der Waals surface area contributed by atoms with Crippen molar-refractivity contribution in [3.63, 3.8) is 0 Å². The predicted molar refractivity (Wildman–Crippen MR) is 56.2 cm³/mol. The third-order valence-electron chi connectivity index (χ3n) is 1.91. The van der Waals surface area contributed by atoms with Crippen molar-refractivity contribution in [3.8, 4) is 0 Å². The van der Waals surface area contributed by atoms with Crippen LogP contribution in [0.4, 0.5) is 20.6 Å². The molecule has 0 heterocycles. The molecule has 15 heavy (non-hydrogen) atoms. The van der Waals surface area contributed by atoms with E-state index in [0.29, 0.717) is 5.69 Å². The van der Waals surface area contributed by atoms with Crippen LogP contribution in [0.25, 0.3) is 0 Å². The molecule has 0 radical (unpaired) electrons. The van der Waals surface area contributed by atoms with E-state index in [9.17, 15) is 9.18 Å². The summed E-state index contributed by atoms with van der Waals surface area (Å²) in [7, 11) is 1.50. The zero-order valence-electron chi connectivity index (χ0n) is 8.66. The number of benzene rings is 1. The fourth-order valence-electron chi connectivity index (χ4n) is 1.05.